The summed E-state index contributed by atoms with van der Waals surface area (Å²) < 4.78 is 7.16. The van der Waals surface area contributed by atoms with Gasteiger partial charge in [0.2, 0.25) is 5.89 Å². The summed E-state index contributed by atoms with van der Waals surface area (Å²) in [5.41, 5.74) is 5.69. The standard InChI is InChI=1S/C19H15BrN2O/c20-11-8-9-15-14(10-11)12-4-3-5-13(18(12)21-15)19-22-16-6-1-2-7-17(16)23-19/h1-2,6-10,13,21H,3-5H2. The van der Waals surface area contributed by atoms with Crippen molar-refractivity contribution in [1.82, 2.24) is 9.97 Å². The van der Waals surface area contributed by atoms with E-state index in [-0.39, 0.29) is 5.92 Å². The van der Waals surface area contributed by atoms with Crippen molar-refractivity contribution in [2.75, 3.05) is 0 Å². The first kappa shape index (κ1) is 13.4. The van der Waals surface area contributed by atoms with Crippen LogP contribution < -0.4 is 0 Å². The zero-order valence-corrected chi connectivity index (χ0v) is 14.1. The van der Waals surface area contributed by atoms with Crippen LogP contribution in [0.2, 0.25) is 0 Å². The number of H-pyrrole nitrogens is 1. The number of hydrogen-bond acceptors (Lipinski definition) is 2. The molecule has 1 unspecified atom stereocenters. The lowest BCUT2D eigenvalue weighted by Crippen LogP contribution is -2.10. The maximum absolute atomic E-state index is 6.04. The second kappa shape index (κ2) is 4.96. The Hall–Kier alpha value is -2.07. The molecule has 0 amide bonds. The third-order valence-electron chi connectivity index (χ3n) is 4.78. The van der Waals surface area contributed by atoms with E-state index in [2.05, 4.69) is 39.1 Å². The van der Waals surface area contributed by atoms with Gasteiger partial charge in [-0.05, 0) is 55.2 Å². The topological polar surface area (TPSA) is 41.8 Å². The molecular weight excluding hydrogens is 352 g/mol. The number of nitrogens with zero attached hydrogens (tertiary/aromatic N) is 1. The highest BCUT2D eigenvalue weighted by molar-refractivity contribution is 9.10. The van der Waals surface area contributed by atoms with E-state index in [1.165, 1.54) is 22.2 Å². The van der Waals surface area contributed by atoms with Crippen molar-refractivity contribution in [2.24, 2.45) is 0 Å². The zero-order valence-electron chi connectivity index (χ0n) is 12.5. The molecule has 0 saturated carbocycles. The van der Waals surface area contributed by atoms with E-state index in [0.29, 0.717) is 0 Å². The minimum Gasteiger partial charge on any atom is -0.440 e. The van der Waals surface area contributed by atoms with Crippen LogP contribution in [0.1, 0.15) is 35.9 Å². The Kier molecular flexibility index (Phi) is 2.89. The van der Waals surface area contributed by atoms with E-state index < -0.39 is 0 Å². The van der Waals surface area contributed by atoms with Crippen LogP contribution in [0.4, 0.5) is 0 Å². The van der Waals surface area contributed by atoms with E-state index in [0.717, 1.165) is 40.7 Å². The van der Waals surface area contributed by atoms with Gasteiger partial charge in [0.15, 0.2) is 5.58 Å². The summed E-state index contributed by atoms with van der Waals surface area (Å²) in [7, 11) is 0. The molecule has 1 N–H and O–H groups in total. The fraction of sp³-hybridized carbons (Fsp3) is 0.211. The van der Waals surface area contributed by atoms with Crippen LogP contribution in [0, 0.1) is 0 Å². The van der Waals surface area contributed by atoms with E-state index in [9.17, 15) is 0 Å². The fourth-order valence-corrected chi connectivity index (χ4v) is 4.08. The molecule has 2 aromatic heterocycles. The summed E-state index contributed by atoms with van der Waals surface area (Å²) in [6.45, 7) is 0. The molecule has 4 heteroatoms. The average Bonchev–Trinajstić information content (AvgIpc) is 3.15. The Morgan fingerprint density at radius 2 is 2.09 bits per heavy atom. The molecule has 1 aliphatic carbocycles. The van der Waals surface area contributed by atoms with E-state index in [1.54, 1.807) is 0 Å². The molecular formula is C19H15BrN2O. The Morgan fingerprint density at radius 3 is 3.00 bits per heavy atom. The summed E-state index contributed by atoms with van der Waals surface area (Å²) >= 11 is 3.58. The van der Waals surface area contributed by atoms with Crippen LogP contribution in [-0.4, -0.2) is 9.97 Å². The van der Waals surface area contributed by atoms with Crippen LogP contribution in [0.3, 0.4) is 0 Å². The van der Waals surface area contributed by atoms with Gasteiger partial charge in [-0.1, -0.05) is 28.1 Å². The smallest absolute Gasteiger partial charge is 0.204 e. The average molecular weight is 367 g/mol. The highest BCUT2D eigenvalue weighted by atomic mass is 79.9. The largest absolute Gasteiger partial charge is 0.440 e. The van der Waals surface area contributed by atoms with E-state index in [1.807, 2.05) is 24.3 Å². The molecule has 2 aromatic carbocycles. The number of nitrogens with one attached hydrogen (secondary N) is 1. The second-order valence-electron chi connectivity index (χ2n) is 6.17. The van der Waals surface area contributed by atoms with Crippen molar-refractivity contribution >= 4 is 37.9 Å². The van der Waals surface area contributed by atoms with Gasteiger partial charge in [-0.15, -0.1) is 0 Å². The van der Waals surface area contributed by atoms with Gasteiger partial charge in [-0.25, -0.2) is 4.98 Å². The molecule has 2 heterocycles. The van der Waals surface area contributed by atoms with Gasteiger partial charge in [0.25, 0.3) is 0 Å². The molecule has 0 spiro atoms. The molecule has 0 aliphatic heterocycles. The number of oxazole rings is 1. The molecule has 1 aliphatic rings. The lowest BCUT2D eigenvalue weighted by atomic mass is 9.86. The second-order valence-corrected chi connectivity index (χ2v) is 7.09. The fourth-order valence-electron chi connectivity index (χ4n) is 3.72. The molecule has 0 bridgehead atoms. The number of benzene rings is 2. The third kappa shape index (κ3) is 2.05. The summed E-state index contributed by atoms with van der Waals surface area (Å²) in [4.78, 5) is 8.34. The number of fused-ring (bicyclic) bond motifs is 4. The molecule has 0 saturated heterocycles. The quantitative estimate of drug-likeness (QED) is 0.480. The number of para-hydroxylation sites is 2. The number of aromatic amines is 1. The first-order valence-corrected chi connectivity index (χ1v) is 8.74. The van der Waals surface area contributed by atoms with Crippen LogP contribution >= 0.6 is 15.9 Å². The predicted octanol–water partition coefficient (Wildman–Crippen LogP) is 5.54. The van der Waals surface area contributed by atoms with Crippen LogP contribution in [0.25, 0.3) is 22.0 Å². The number of halogens is 1. The third-order valence-corrected chi connectivity index (χ3v) is 5.27. The SMILES string of the molecule is Brc1ccc2[nH]c3c(c2c1)CCCC3c1nc2ccccc2o1. The summed E-state index contributed by atoms with van der Waals surface area (Å²) in [5.74, 6) is 1.05. The molecule has 0 radical (unpaired) electrons. The van der Waals surface area contributed by atoms with Gasteiger partial charge in [-0.2, -0.15) is 0 Å². The molecule has 0 fully saturated rings. The summed E-state index contributed by atoms with van der Waals surface area (Å²) in [6.07, 6.45) is 3.35. The van der Waals surface area contributed by atoms with Gasteiger partial charge in [0.05, 0.1) is 5.92 Å². The maximum atomic E-state index is 6.04. The Balaban J connectivity index is 1.70. The number of aromatic nitrogens is 2. The summed E-state index contributed by atoms with van der Waals surface area (Å²) in [6, 6.07) is 14.4. The normalized spacial score (nSPS) is 17.7. The van der Waals surface area contributed by atoms with Crippen molar-refractivity contribution in [1.29, 1.82) is 0 Å². The Labute approximate surface area is 141 Å². The molecule has 3 nitrogen and oxygen atoms in total. The van der Waals surface area contributed by atoms with E-state index in [4.69, 9.17) is 9.40 Å². The van der Waals surface area contributed by atoms with Crippen molar-refractivity contribution in [3.8, 4) is 0 Å². The van der Waals surface area contributed by atoms with Crippen molar-refractivity contribution in [3.63, 3.8) is 0 Å². The van der Waals surface area contributed by atoms with Crippen LogP contribution in [-0.2, 0) is 6.42 Å². The van der Waals surface area contributed by atoms with Crippen molar-refractivity contribution in [2.45, 2.75) is 25.2 Å². The monoisotopic (exact) mass is 366 g/mol. The van der Waals surface area contributed by atoms with Gasteiger partial charge in [0, 0.05) is 21.1 Å². The lowest BCUT2D eigenvalue weighted by Gasteiger charge is -2.19. The van der Waals surface area contributed by atoms with E-state index >= 15 is 0 Å². The first-order valence-electron chi connectivity index (χ1n) is 7.95. The highest BCUT2D eigenvalue weighted by Gasteiger charge is 2.29. The Bertz CT molecular complexity index is 997. The van der Waals surface area contributed by atoms with Gasteiger partial charge in [0.1, 0.15) is 5.52 Å². The van der Waals surface area contributed by atoms with Crippen molar-refractivity contribution < 1.29 is 4.42 Å². The number of hydrogen-bond donors (Lipinski definition) is 1. The Morgan fingerprint density at radius 1 is 1.17 bits per heavy atom. The lowest BCUT2D eigenvalue weighted by molar-refractivity contribution is 0.461. The maximum Gasteiger partial charge on any atom is 0.204 e. The molecule has 114 valence electrons. The minimum absolute atomic E-state index is 0.220. The van der Waals surface area contributed by atoms with Crippen LogP contribution in [0.5, 0.6) is 0 Å². The van der Waals surface area contributed by atoms with Crippen molar-refractivity contribution in [3.05, 3.63) is 64.1 Å². The summed E-state index contributed by atoms with van der Waals surface area (Å²) in [5, 5.41) is 1.31. The van der Waals surface area contributed by atoms with Gasteiger partial charge in [-0.3, -0.25) is 0 Å². The van der Waals surface area contributed by atoms with Gasteiger partial charge >= 0.3 is 0 Å². The van der Waals surface area contributed by atoms with Gasteiger partial charge < -0.3 is 9.40 Å². The zero-order chi connectivity index (χ0) is 15.4. The minimum atomic E-state index is 0.220. The first-order chi connectivity index (χ1) is 11.3. The predicted molar refractivity (Wildman–Crippen MR) is 94.8 cm³/mol. The number of rotatable bonds is 1. The highest BCUT2D eigenvalue weighted by Crippen LogP contribution is 2.40. The molecule has 23 heavy (non-hydrogen) atoms. The molecule has 5 rings (SSSR count). The molecule has 1 atom stereocenters. The van der Waals surface area contributed by atoms with Crippen LogP contribution in [0.15, 0.2) is 51.4 Å². The molecule has 4 aromatic rings. The number of aryl methyl sites for hydroxylation is 1.